The average molecular weight is 306 g/mol. The molecule has 0 atom stereocenters. The van der Waals surface area contributed by atoms with E-state index in [1.54, 1.807) is 12.1 Å². The number of rotatable bonds is 1. The van der Waals surface area contributed by atoms with Crippen LogP contribution in [0.15, 0.2) is 36.4 Å². The Hall–Kier alpha value is -2.22. The normalized spacial score (nSPS) is 14.0. The predicted octanol–water partition coefficient (Wildman–Crippen LogP) is 4.88. The Bertz CT molecular complexity index is 820. The van der Waals surface area contributed by atoms with Crippen LogP contribution in [0.1, 0.15) is 83.5 Å². The second-order valence-electron chi connectivity index (χ2n) is 7.59. The first kappa shape index (κ1) is 15.7. The van der Waals surface area contributed by atoms with E-state index in [4.69, 9.17) is 0 Å². The predicted molar refractivity (Wildman–Crippen MR) is 92.5 cm³/mol. The molecule has 0 aromatic heterocycles. The number of hydrogen-bond donors (Lipinski definition) is 0. The Morgan fingerprint density at radius 3 is 1.70 bits per heavy atom. The topological polar surface area (TPSA) is 34.1 Å². The zero-order chi connectivity index (χ0) is 16.9. The molecule has 3 rings (SSSR count). The fourth-order valence-electron chi connectivity index (χ4n) is 3.29. The van der Waals surface area contributed by atoms with E-state index in [0.717, 1.165) is 11.1 Å². The minimum atomic E-state index is -0.0745. The lowest BCUT2D eigenvalue weighted by Crippen LogP contribution is -2.24. The Morgan fingerprint density at radius 1 is 0.783 bits per heavy atom. The van der Waals surface area contributed by atoms with Crippen LogP contribution in [0.25, 0.3) is 0 Å². The molecular weight excluding hydrogens is 284 g/mol. The molecule has 0 heterocycles. The second kappa shape index (κ2) is 5.16. The van der Waals surface area contributed by atoms with Gasteiger partial charge in [0.05, 0.1) is 0 Å². The van der Waals surface area contributed by atoms with Crippen LogP contribution in [0.4, 0.5) is 0 Å². The maximum absolute atomic E-state index is 12.9. The van der Waals surface area contributed by atoms with Gasteiger partial charge in [0.1, 0.15) is 0 Å². The first-order valence-corrected chi connectivity index (χ1v) is 8.08. The quantitative estimate of drug-likeness (QED) is 0.642. The van der Waals surface area contributed by atoms with Crippen molar-refractivity contribution < 1.29 is 9.59 Å². The van der Waals surface area contributed by atoms with Crippen LogP contribution in [0.3, 0.4) is 0 Å². The van der Waals surface area contributed by atoms with E-state index in [-0.39, 0.29) is 17.0 Å². The lowest BCUT2D eigenvalue weighted by molar-refractivity contribution is 0.0979. The number of hydrogen-bond acceptors (Lipinski definition) is 2. The molecule has 0 amide bonds. The highest BCUT2D eigenvalue weighted by atomic mass is 16.1. The molecule has 1 aliphatic rings. The Kier molecular flexibility index (Phi) is 3.51. The average Bonchev–Trinajstić information content (AvgIpc) is 2.50. The van der Waals surface area contributed by atoms with Gasteiger partial charge in [-0.2, -0.15) is 0 Å². The van der Waals surface area contributed by atoms with Gasteiger partial charge < -0.3 is 0 Å². The number of fused-ring (bicyclic) bond motifs is 2. The molecular formula is C21H22O2. The van der Waals surface area contributed by atoms with Crippen molar-refractivity contribution in [2.24, 2.45) is 0 Å². The molecule has 2 aromatic rings. The molecule has 118 valence electrons. The molecule has 0 spiro atoms. The first-order chi connectivity index (χ1) is 10.7. The lowest BCUT2D eigenvalue weighted by atomic mass is 9.75. The SMILES string of the molecule is CC(C)c1cc2c(cc1C(C)(C)C)C(=O)c1ccccc1C2=O. The summed E-state index contributed by atoms with van der Waals surface area (Å²) in [5.41, 5.74) is 4.34. The minimum absolute atomic E-state index is 0.0439. The van der Waals surface area contributed by atoms with Gasteiger partial charge in [0.15, 0.2) is 11.6 Å². The van der Waals surface area contributed by atoms with E-state index in [0.29, 0.717) is 28.2 Å². The van der Waals surface area contributed by atoms with Crippen LogP contribution >= 0.6 is 0 Å². The highest BCUT2D eigenvalue weighted by Gasteiger charge is 2.32. The summed E-state index contributed by atoms with van der Waals surface area (Å²) in [6, 6.07) is 11.0. The molecule has 1 aliphatic carbocycles. The monoisotopic (exact) mass is 306 g/mol. The van der Waals surface area contributed by atoms with Gasteiger partial charge in [-0.3, -0.25) is 9.59 Å². The number of benzene rings is 2. The van der Waals surface area contributed by atoms with Crippen molar-refractivity contribution in [1.82, 2.24) is 0 Å². The summed E-state index contributed by atoms with van der Waals surface area (Å²) in [7, 11) is 0. The third-order valence-electron chi connectivity index (χ3n) is 4.53. The van der Waals surface area contributed by atoms with Crippen molar-refractivity contribution in [1.29, 1.82) is 0 Å². The maximum atomic E-state index is 12.9. The highest BCUT2D eigenvalue weighted by molar-refractivity contribution is 6.28. The zero-order valence-corrected chi connectivity index (χ0v) is 14.4. The molecule has 2 nitrogen and oxygen atoms in total. The van der Waals surface area contributed by atoms with E-state index in [1.165, 1.54) is 0 Å². The fourth-order valence-corrected chi connectivity index (χ4v) is 3.29. The van der Waals surface area contributed by atoms with Crippen molar-refractivity contribution in [3.05, 3.63) is 69.8 Å². The van der Waals surface area contributed by atoms with Crippen molar-refractivity contribution in [2.75, 3.05) is 0 Å². The van der Waals surface area contributed by atoms with Crippen LogP contribution < -0.4 is 0 Å². The number of carbonyl (C=O) groups is 2. The Morgan fingerprint density at radius 2 is 1.26 bits per heavy atom. The molecule has 0 radical (unpaired) electrons. The van der Waals surface area contributed by atoms with E-state index < -0.39 is 0 Å². The Labute approximate surface area is 137 Å². The summed E-state index contributed by atoms with van der Waals surface area (Å²) in [6.07, 6.45) is 0. The third-order valence-corrected chi connectivity index (χ3v) is 4.53. The lowest BCUT2D eigenvalue weighted by Gasteiger charge is -2.28. The van der Waals surface area contributed by atoms with Crippen LogP contribution in [0.5, 0.6) is 0 Å². The van der Waals surface area contributed by atoms with Gasteiger partial charge in [0, 0.05) is 22.3 Å². The van der Waals surface area contributed by atoms with Gasteiger partial charge in [0.25, 0.3) is 0 Å². The first-order valence-electron chi connectivity index (χ1n) is 8.08. The highest BCUT2D eigenvalue weighted by Crippen LogP contribution is 2.36. The number of ketones is 2. The number of carbonyl (C=O) groups excluding carboxylic acids is 2. The molecule has 0 saturated carbocycles. The molecule has 2 heteroatoms. The van der Waals surface area contributed by atoms with E-state index >= 15 is 0 Å². The minimum Gasteiger partial charge on any atom is -0.289 e. The molecule has 23 heavy (non-hydrogen) atoms. The fraction of sp³-hybridized carbons (Fsp3) is 0.333. The van der Waals surface area contributed by atoms with Gasteiger partial charge >= 0.3 is 0 Å². The standard InChI is InChI=1S/C21H22O2/c1-12(2)15-10-16-17(11-18(15)21(3,4)5)20(23)14-9-7-6-8-13(14)19(16)22/h6-12H,1-5H3. The van der Waals surface area contributed by atoms with E-state index in [1.807, 2.05) is 24.3 Å². The van der Waals surface area contributed by atoms with Crippen molar-refractivity contribution in [2.45, 2.75) is 46.0 Å². The zero-order valence-electron chi connectivity index (χ0n) is 14.4. The maximum Gasteiger partial charge on any atom is 0.194 e. The van der Waals surface area contributed by atoms with Crippen molar-refractivity contribution in [3.8, 4) is 0 Å². The van der Waals surface area contributed by atoms with Crippen molar-refractivity contribution >= 4 is 11.6 Å². The second-order valence-corrected chi connectivity index (χ2v) is 7.59. The Balaban J connectivity index is 2.31. The molecule has 0 fully saturated rings. The van der Waals surface area contributed by atoms with Crippen molar-refractivity contribution in [3.63, 3.8) is 0 Å². The molecule has 0 saturated heterocycles. The molecule has 0 unspecified atom stereocenters. The summed E-state index contributed by atoms with van der Waals surface area (Å²) in [5.74, 6) is 0.211. The van der Waals surface area contributed by atoms with Gasteiger partial charge in [-0.1, -0.05) is 58.9 Å². The van der Waals surface area contributed by atoms with E-state index in [9.17, 15) is 9.59 Å². The molecule has 0 aliphatic heterocycles. The molecule has 0 N–H and O–H groups in total. The largest absolute Gasteiger partial charge is 0.289 e. The van der Waals surface area contributed by atoms with Gasteiger partial charge in [-0.15, -0.1) is 0 Å². The van der Waals surface area contributed by atoms with Crippen LogP contribution in [0, 0.1) is 0 Å². The third kappa shape index (κ3) is 2.42. The van der Waals surface area contributed by atoms with Gasteiger partial charge in [0.2, 0.25) is 0 Å². The summed E-state index contributed by atoms with van der Waals surface area (Å²) < 4.78 is 0. The van der Waals surface area contributed by atoms with Crippen LogP contribution in [0.2, 0.25) is 0 Å². The van der Waals surface area contributed by atoms with Crippen LogP contribution in [-0.4, -0.2) is 11.6 Å². The summed E-state index contributed by atoms with van der Waals surface area (Å²) >= 11 is 0. The summed E-state index contributed by atoms with van der Waals surface area (Å²) in [5, 5.41) is 0. The molecule has 2 aromatic carbocycles. The molecule has 0 bridgehead atoms. The van der Waals surface area contributed by atoms with Gasteiger partial charge in [-0.25, -0.2) is 0 Å². The summed E-state index contributed by atoms with van der Waals surface area (Å²) in [4.78, 5) is 25.7. The van der Waals surface area contributed by atoms with Crippen LogP contribution in [-0.2, 0) is 5.41 Å². The van der Waals surface area contributed by atoms with Gasteiger partial charge in [-0.05, 0) is 34.6 Å². The smallest absolute Gasteiger partial charge is 0.194 e. The van der Waals surface area contributed by atoms with E-state index in [2.05, 4.69) is 34.6 Å². The summed E-state index contributed by atoms with van der Waals surface area (Å²) in [6.45, 7) is 10.7.